The number of hydrogen-bond donors (Lipinski definition) is 1. The molecule has 1 saturated carbocycles. The molecule has 1 fully saturated rings. The average molecular weight is 274 g/mol. The minimum absolute atomic E-state index is 0.0782. The van der Waals surface area contributed by atoms with Gasteiger partial charge in [0, 0.05) is 18.7 Å². The number of rotatable bonds is 3. The molecular weight excluding hydrogens is 256 g/mol. The monoisotopic (exact) mass is 274 g/mol. The predicted molar refractivity (Wildman–Crippen MR) is 75.4 cm³/mol. The van der Waals surface area contributed by atoms with Crippen LogP contribution in [0, 0.1) is 5.92 Å². The maximum atomic E-state index is 12.2. The Morgan fingerprint density at radius 1 is 1.35 bits per heavy atom. The molecule has 1 aromatic heterocycles. The molecule has 0 unspecified atom stereocenters. The van der Waals surface area contributed by atoms with Crippen molar-refractivity contribution in [3.05, 3.63) is 24.6 Å². The third-order valence-electron chi connectivity index (χ3n) is 3.98. The zero-order valence-electron chi connectivity index (χ0n) is 11.5. The summed E-state index contributed by atoms with van der Waals surface area (Å²) in [6.45, 7) is 0. The van der Waals surface area contributed by atoms with Gasteiger partial charge in [-0.3, -0.25) is 4.79 Å². The molecule has 5 heteroatoms. The van der Waals surface area contributed by atoms with Crippen LogP contribution in [0.4, 0.5) is 5.69 Å². The number of carbonyl (C=O) groups is 1. The Hall–Kier alpha value is -1.88. The van der Waals surface area contributed by atoms with Crippen LogP contribution in [-0.4, -0.2) is 24.1 Å². The van der Waals surface area contributed by atoms with Crippen LogP contribution in [0.25, 0.3) is 11.1 Å². The van der Waals surface area contributed by atoms with Crippen molar-refractivity contribution in [2.24, 2.45) is 5.92 Å². The summed E-state index contributed by atoms with van der Waals surface area (Å²) in [5, 5.41) is 2.96. The highest BCUT2D eigenvalue weighted by Crippen LogP contribution is 2.27. The number of ether oxygens (including phenoxy) is 1. The molecule has 0 aliphatic heterocycles. The standard InChI is InChI=1S/C15H18N2O3/c1-19-12-5-2-10(3-6-12)15(18)17-11-4-7-14-13(8-11)16-9-20-14/h4,7-10,12H,2-3,5-6H2,1H3,(H,17,18). The van der Waals surface area contributed by atoms with Crippen LogP contribution >= 0.6 is 0 Å². The summed E-state index contributed by atoms with van der Waals surface area (Å²) in [6, 6.07) is 5.49. The Labute approximate surface area is 117 Å². The van der Waals surface area contributed by atoms with Crippen molar-refractivity contribution < 1.29 is 13.9 Å². The molecular formula is C15H18N2O3. The van der Waals surface area contributed by atoms with Crippen LogP contribution in [0.15, 0.2) is 29.0 Å². The first kappa shape index (κ1) is 13.1. The van der Waals surface area contributed by atoms with Gasteiger partial charge in [-0.15, -0.1) is 0 Å². The lowest BCUT2D eigenvalue weighted by molar-refractivity contribution is -0.121. The van der Waals surface area contributed by atoms with Gasteiger partial charge in [-0.05, 0) is 43.9 Å². The quantitative estimate of drug-likeness (QED) is 0.934. The molecule has 3 rings (SSSR count). The molecule has 20 heavy (non-hydrogen) atoms. The molecule has 1 aliphatic rings. The number of nitrogens with one attached hydrogen (secondary N) is 1. The predicted octanol–water partition coefficient (Wildman–Crippen LogP) is 2.97. The second-order valence-corrected chi connectivity index (χ2v) is 5.23. The van der Waals surface area contributed by atoms with E-state index in [9.17, 15) is 4.79 Å². The van der Waals surface area contributed by atoms with Gasteiger partial charge in [-0.25, -0.2) is 4.98 Å². The molecule has 0 saturated heterocycles. The Morgan fingerprint density at radius 2 is 2.15 bits per heavy atom. The van der Waals surface area contributed by atoms with E-state index in [1.807, 2.05) is 18.2 Å². The molecule has 106 valence electrons. The second-order valence-electron chi connectivity index (χ2n) is 5.23. The van der Waals surface area contributed by atoms with Crippen molar-refractivity contribution in [2.45, 2.75) is 31.8 Å². The van der Waals surface area contributed by atoms with E-state index in [0.29, 0.717) is 6.10 Å². The number of methoxy groups -OCH3 is 1. The second kappa shape index (κ2) is 5.63. The lowest BCUT2D eigenvalue weighted by Crippen LogP contribution is -2.29. The Kier molecular flexibility index (Phi) is 3.69. The van der Waals surface area contributed by atoms with Crippen molar-refractivity contribution in [1.82, 2.24) is 4.98 Å². The number of hydrogen-bond acceptors (Lipinski definition) is 4. The number of benzene rings is 1. The highest BCUT2D eigenvalue weighted by atomic mass is 16.5. The number of nitrogens with zero attached hydrogens (tertiary/aromatic N) is 1. The summed E-state index contributed by atoms with van der Waals surface area (Å²) < 4.78 is 10.5. The summed E-state index contributed by atoms with van der Waals surface area (Å²) >= 11 is 0. The lowest BCUT2D eigenvalue weighted by Gasteiger charge is -2.26. The number of amides is 1. The largest absolute Gasteiger partial charge is 0.443 e. The fourth-order valence-corrected chi connectivity index (χ4v) is 2.74. The topological polar surface area (TPSA) is 64.4 Å². The number of anilines is 1. The van der Waals surface area contributed by atoms with Crippen molar-refractivity contribution >= 4 is 22.7 Å². The summed E-state index contributed by atoms with van der Waals surface area (Å²) in [4.78, 5) is 16.3. The number of carbonyl (C=O) groups excluding carboxylic acids is 1. The molecule has 1 aliphatic carbocycles. The summed E-state index contributed by atoms with van der Waals surface area (Å²) in [7, 11) is 1.73. The van der Waals surface area contributed by atoms with Crippen LogP contribution in [0.1, 0.15) is 25.7 Å². The molecule has 2 aromatic rings. The minimum Gasteiger partial charge on any atom is -0.443 e. The first-order valence-corrected chi connectivity index (χ1v) is 6.93. The first-order valence-electron chi connectivity index (χ1n) is 6.93. The van der Waals surface area contributed by atoms with Crippen LogP contribution in [-0.2, 0) is 9.53 Å². The zero-order chi connectivity index (χ0) is 13.9. The molecule has 0 atom stereocenters. The van der Waals surface area contributed by atoms with Gasteiger partial charge in [-0.2, -0.15) is 0 Å². The molecule has 0 radical (unpaired) electrons. The number of fused-ring (bicyclic) bond motifs is 1. The molecule has 1 aromatic carbocycles. The summed E-state index contributed by atoms with van der Waals surface area (Å²) in [5.74, 6) is 0.164. The molecule has 0 spiro atoms. The molecule has 5 nitrogen and oxygen atoms in total. The number of oxazole rings is 1. The zero-order valence-corrected chi connectivity index (χ0v) is 11.5. The number of aromatic nitrogens is 1. The molecule has 1 heterocycles. The third kappa shape index (κ3) is 2.67. The van der Waals surface area contributed by atoms with Gasteiger partial charge in [-0.1, -0.05) is 0 Å². The highest BCUT2D eigenvalue weighted by molar-refractivity contribution is 5.94. The Balaban J connectivity index is 1.63. The fourth-order valence-electron chi connectivity index (χ4n) is 2.74. The van der Waals surface area contributed by atoms with Gasteiger partial charge in [0.2, 0.25) is 5.91 Å². The van der Waals surface area contributed by atoms with Gasteiger partial charge < -0.3 is 14.5 Å². The van der Waals surface area contributed by atoms with E-state index in [4.69, 9.17) is 9.15 Å². The third-order valence-corrected chi connectivity index (χ3v) is 3.98. The van der Waals surface area contributed by atoms with E-state index >= 15 is 0 Å². The molecule has 1 amide bonds. The minimum atomic E-state index is 0.0782. The van der Waals surface area contributed by atoms with Crippen LogP contribution in [0.5, 0.6) is 0 Å². The normalized spacial score (nSPS) is 22.9. The molecule has 0 bridgehead atoms. The van der Waals surface area contributed by atoms with Crippen LogP contribution in [0.2, 0.25) is 0 Å². The maximum Gasteiger partial charge on any atom is 0.227 e. The van der Waals surface area contributed by atoms with E-state index in [2.05, 4.69) is 10.3 Å². The van der Waals surface area contributed by atoms with Gasteiger partial charge in [0.25, 0.3) is 0 Å². The van der Waals surface area contributed by atoms with Gasteiger partial charge in [0.1, 0.15) is 5.52 Å². The van der Waals surface area contributed by atoms with E-state index in [1.54, 1.807) is 7.11 Å². The first-order chi connectivity index (χ1) is 9.76. The maximum absolute atomic E-state index is 12.2. The van der Waals surface area contributed by atoms with Crippen molar-refractivity contribution in [2.75, 3.05) is 12.4 Å². The highest BCUT2D eigenvalue weighted by Gasteiger charge is 2.26. The fraction of sp³-hybridized carbons (Fsp3) is 0.467. The van der Waals surface area contributed by atoms with Crippen molar-refractivity contribution in [1.29, 1.82) is 0 Å². The van der Waals surface area contributed by atoms with Crippen molar-refractivity contribution in [3.63, 3.8) is 0 Å². The summed E-state index contributed by atoms with van der Waals surface area (Å²) in [6.07, 6.45) is 5.40. The van der Waals surface area contributed by atoms with E-state index in [-0.39, 0.29) is 11.8 Å². The average Bonchev–Trinajstić information content (AvgIpc) is 2.95. The smallest absolute Gasteiger partial charge is 0.227 e. The Morgan fingerprint density at radius 3 is 2.90 bits per heavy atom. The van der Waals surface area contributed by atoms with Gasteiger partial charge in [0.15, 0.2) is 12.0 Å². The SMILES string of the molecule is COC1CCC(C(=O)Nc2ccc3ocnc3c2)CC1. The molecule has 1 N–H and O–H groups in total. The van der Waals surface area contributed by atoms with Crippen LogP contribution in [0.3, 0.4) is 0 Å². The van der Waals surface area contributed by atoms with Gasteiger partial charge >= 0.3 is 0 Å². The summed E-state index contributed by atoms with van der Waals surface area (Å²) in [5.41, 5.74) is 2.25. The van der Waals surface area contributed by atoms with E-state index < -0.39 is 0 Å². The van der Waals surface area contributed by atoms with E-state index in [0.717, 1.165) is 42.5 Å². The van der Waals surface area contributed by atoms with Crippen LogP contribution < -0.4 is 5.32 Å². The van der Waals surface area contributed by atoms with Crippen molar-refractivity contribution in [3.8, 4) is 0 Å². The lowest BCUT2D eigenvalue weighted by atomic mass is 9.87. The van der Waals surface area contributed by atoms with E-state index in [1.165, 1.54) is 6.39 Å². The Bertz CT molecular complexity index is 600. The van der Waals surface area contributed by atoms with Gasteiger partial charge in [0.05, 0.1) is 6.10 Å².